The second-order valence-electron chi connectivity index (χ2n) is 6.85. The van der Waals surface area contributed by atoms with E-state index in [-0.39, 0.29) is 30.5 Å². The normalized spacial score (nSPS) is 36.5. The molecule has 3 atom stereocenters. The average molecular weight is 280 g/mol. The van der Waals surface area contributed by atoms with Crippen LogP contribution in [0.3, 0.4) is 0 Å². The predicted molar refractivity (Wildman–Crippen MR) is 74.4 cm³/mol. The molecule has 0 aromatic heterocycles. The molecule has 5 nitrogen and oxygen atoms in total. The van der Waals surface area contributed by atoms with Crippen molar-refractivity contribution in [3.05, 3.63) is 0 Å². The molecule has 3 aliphatic heterocycles. The number of carboxylic acid groups (broad SMARTS) is 1. The van der Waals surface area contributed by atoms with E-state index in [1.54, 1.807) is 0 Å². The van der Waals surface area contributed by atoms with Crippen molar-refractivity contribution in [3.8, 4) is 0 Å². The summed E-state index contributed by atoms with van der Waals surface area (Å²) in [6.45, 7) is 3.96. The van der Waals surface area contributed by atoms with E-state index in [1.165, 1.54) is 0 Å². The molecule has 112 valence electrons. The molecule has 3 heterocycles. The Labute approximate surface area is 119 Å². The molecular weight excluding hydrogens is 256 g/mol. The van der Waals surface area contributed by atoms with Gasteiger partial charge in [-0.3, -0.25) is 4.79 Å². The summed E-state index contributed by atoms with van der Waals surface area (Å²) in [5.41, 5.74) is 0. The van der Waals surface area contributed by atoms with Crippen molar-refractivity contribution in [2.45, 2.75) is 57.5 Å². The number of likely N-dealkylation sites (tertiary alicyclic amines) is 1. The van der Waals surface area contributed by atoms with E-state index in [1.807, 2.05) is 4.90 Å². The summed E-state index contributed by atoms with van der Waals surface area (Å²) < 4.78 is 0. The zero-order chi connectivity index (χ0) is 14.3. The van der Waals surface area contributed by atoms with E-state index in [4.69, 9.17) is 5.11 Å². The molecule has 0 radical (unpaired) electrons. The maximum atomic E-state index is 12.7. The third-order valence-electron chi connectivity index (χ3n) is 5.21. The molecule has 3 aliphatic rings. The number of rotatable bonds is 2. The molecule has 20 heavy (non-hydrogen) atoms. The lowest BCUT2D eigenvalue weighted by molar-refractivity contribution is -0.138. The second kappa shape index (κ2) is 5.26. The van der Waals surface area contributed by atoms with Gasteiger partial charge in [-0.2, -0.15) is 0 Å². The summed E-state index contributed by atoms with van der Waals surface area (Å²) in [5, 5.41) is 8.95. The number of carboxylic acids is 1. The fourth-order valence-corrected chi connectivity index (χ4v) is 4.29. The summed E-state index contributed by atoms with van der Waals surface area (Å²) in [7, 11) is 0. The van der Waals surface area contributed by atoms with Gasteiger partial charge in [0.25, 0.3) is 0 Å². The molecule has 2 amide bonds. The topological polar surface area (TPSA) is 60.9 Å². The number of carbonyl (C=O) groups is 2. The van der Waals surface area contributed by atoms with Gasteiger partial charge in [-0.05, 0) is 43.9 Å². The first-order valence-corrected chi connectivity index (χ1v) is 7.83. The minimum absolute atomic E-state index is 0.204. The van der Waals surface area contributed by atoms with Crippen LogP contribution < -0.4 is 0 Å². The monoisotopic (exact) mass is 280 g/mol. The Balaban J connectivity index is 1.64. The van der Waals surface area contributed by atoms with Gasteiger partial charge >= 0.3 is 12.0 Å². The maximum Gasteiger partial charge on any atom is 0.320 e. The first-order chi connectivity index (χ1) is 9.54. The van der Waals surface area contributed by atoms with Crippen LogP contribution in [-0.2, 0) is 4.79 Å². The number of carbonyl (C=O) groups excluding carboxylic acids is 1. The fourth-order valence-electron chi connectivity index (χ4n) is 4.29. The van der Waals surface area contributed by atoms with Gasteiger partial charge < -0.3 is 14.9 Å². The number of hydrogen-bond donors (Lipinski definition) is 1. The smallest absolute Gasteiger partial charge is 0.320 e. The van der Waals surface area contributed by atoms with Crippen molar-refractivity contribution in [1.29, 1.82) is 0 Å². The summed E-state index contributed by atoms with van der Waals surface area (Å²) in [5.74, 6) is 0.162. The molecule has 0 aromatic carbocycles. The van der Waals surface area contributed by atoms with E-state index in [2.05, 4.69) is 11.8 Å². The van der Waals surface area contributed by atoms with Crippen molar-refractivity contribution >= 4 is 12.0 Å². The Bertz CT molecular complexity index is 398. The van der Waals surface area contributed by atoms with Gasteiger partial charge in [0.1, 0.15) is 0 Å². The zero-order valence-electron chi connectivity index (χ0n) is 12.1. The number of amides is 2. The van der Waals surface area contributed by atoms with E-state index in [0.717, 1.165) is 45.2 Å². The molecule has 0 aromatic rings. The highest BCUT2D eigenvalue weighted by Gasteiger charge is 2.45. The number of piperidine rings is 1. The number of fused-ring (bicyclic) bond motifs is 2. The zero-order valence-corrected chi connectivity index (χ0v) is 12.1. The average Bonchev–Trinajstić information content (AvgIpc) is 2.91. The summed E-state index contributed by atoms with van der Waals surface area (Å²) in [6, 6.07) is 0.763. The first kappa shape index (κ1) is 13.7. The Morgan fingerprint density at radius 2 is 1.80 bits per heavy atom. The van der Waals surface area contributed by atoms with Crippen LogP contribution in [0, 0.1) is 11.8 Å². The van der Waals surface area contributed by atoms with Crippen molar-refractivity contribution in [2.75, 3.05) is 13.1 Å². The Hall–Kier alpha value is -1.26. The predicted octanol–water partition coefficient (Wildman–Crippen LogP) is 2.17. The van der Waals surface area contributed by atoms with Crippen LogP contribution in [0.5, 0.6) is 0 Å². The van der Waals surface area contributed by atoms with E-state index < -0.39 is 5.97 Å². The van der Waals surface area contributed by atoms with Crippen LogP contribution in [0.25, 0.3) is 0 Å². The van der Waals surface area contributed by atoms with E-state index >= 15 is 0 Å². The first-order valence-electron chi connectivity index (χ1n) is 7.83. The highest BCUT2D eigenvalue weighted by molar-refractivity contribution is 5.76. The van der Waals surface area contributed by atoms with Crippen LogP contribution in [0.1, 0.15) is 45.4 Å². The lowest BCUT2D eigenvalue weighted by Gasteiger charge is -2.40. The number of nitrogens with zero attached hydrogens (tertiary/aromatic N) is 2. The largest absolute Gasteiger partial charge is 0.481 e. The van der Waals surface area contributed by atoms with Gasteiger partial charge in [-0.25, -0.2) is 4.79 Å². The third kappa shape index (κ3) is 2.50. The highest BCUT2D eigenvalue weighted by Crippen LogP contribution is 2.40. The third-order valence-corrected chi connectivity index (χ3v) is 5.21. The van der Waals surface area contributed by atoms with Crippen LogP contribution in [0.4, 0.5) is 4.79 Å². The summed E-state index contributed by atoms with van der Waals surface area (Å²) in [6.07, 6.45) is 5.22. The second-order valence-corrected chi connectivity index (χ2v) is 6.85. The van der Waals surface area contributed by atoms with Crippen molar-refractivity contribution < 1.29 is 14.7 Å². The minimum Gasteiger partial charge on any atom is -0.481 e. The van der Waals surface area contributed by atoms with Gasteiger partial charge in [0.2, 0.25) is 0 Å². The molecule has 2 bridgehead atoms. The van der Waals surface area contributed by atoms with Crippen LogP contribution >= 0.6 is 0 Å². The van der Waals surface area contributed by atoms with Crippen molar-refractivity contribution in [3.63, 3.8) is 0 Å². The van der Waals surface area contributed by atoms with Gasteiger partial charge in [-0.15, -0.1) is 0 Å². The van der Waals surface area contributed by atoms with Crippen LogP contribution in [0.2, 0.25) is 0 Å². The fraction of sp³-hybridized carbons (Fsp3) is 0.867. The molecule has 0 aliphatic carbocycles. The quantitative estimate of drug-likeness (QED) is 0.843. The van der Waals surface area contributed by atoms with Crippen LogP contribution in [0.15, 0.2) is 0 Å². The molecule has 1 N–H and O–H groups in total. The summed E-state index contributed by atoms with van der Waals surface area (Å²) in [4.78, 5) is 27.6. The molecule has 0 spiro atoms. The molecule has 3 fully saturated rings. The minimum atomic E-state index is -0.706. The molecule has 3 unspecified atom stereocenters. The highest BCUT2D eigenvalue weighted by atomic mass is 16.4. The molecule has 3 rings (SSSR count). The van der Waals surface area contributed by atoms with Crippen molar-refractivity contribution in [1.82, 2.24) is 9.80 Å². The summed E-state index contributed by atoms with van der Waals surface area (Å²) >= 11 is 0. The molecule has 0 saturated carbocycles. The van der Waals surface area contributed by atoms with Crippen LogP contribution in [-0.4, -0.2) is 52.1 Å². The Kier molecular flexibility index (Phi) is 3.61. The van der Waals surface area contributed by atoms with E-state index in [0.29, 0.717) is 5.92 Å². The van der Waals surface area contributed by atoms with Gasteiger partial charge in [0.15, 0.2) is 0 Å². The van der Waals surface area contributed by atoms with Gasteiger partial charge in [-0.1, -0.05) is 6.92 Å². The lowest BCUT2D eigenvalue weighted by Crippen LogP contribution is -2.51. The van der Waals surface area contributed by atoms with Crippen molar-refractivity contribution in [2.24, 2.45) is 11.8 Å². The number of hydrogen-bond acceptors (Lipinski definition) is 2. The molecule has 5 heteroatoms. The lowest BCUT2D eigenvalue weighted by atomic mass is 9.88. The standard InChI is InChI=1S/C15H24N2O3/c1-10-4-5-16(9-10)15(20)17-12-2-3-13(17)7-11(6-12)8-14(18)19/h10-13H,2-9H2,1H3,(H,18,19). The Morgan fingerprint density at radius 1 is 1.15 bits per heavy atom. The van der Waals surface area contributed by atoms with Gasteiger partial charge in [0.05, 0.1) is 0 Å². The Morgan fingerprint density at radius 3 is 2.30 bits per heavy atom. The SMILES string of the molecule is CC1CCN(C(=O)N2C3CCC2CC(CC(=O)O)C3)C1. The number of urea groups is 1. The van der Waals surface area contributed by atoms with E-state index in [9.17, 15) is 9.59 Å². The number of aliphatic carboxylic acids is 1. The molecular formula is C15H24N2O3. The van der Waals surface area contributed by atoms with Gasteiger partial charge in [0, 0.05) is 31.6 Å². The molecule has 3 saturated heterocycles. The maximum absolute atomic E-state index is 12.7.